The Labute approximate surface area is 190 Å². The SMILES string of the molecule is COc1ccc(-c2nc(CSc3nnc(N4CCCCC4)n3C3CC3)cs2)c(OC)c1. The smallest absolute Gasteiger partial charge is 0.228 e. The fraction of sp³-hybridized carbons (Fsp3) is 0.500. The van der Waals surface area contributed by atoms with Gasteiger partial charge in [0.25, 0.3) is 0 Å². The Morgan fingerprint density at radius 1 is 1.10 bits per heavy atom. The second-order valence-corrected chi connectivity index (χ2v) is 9.73. The van der Waals surface area contributed by atoms with Crippen molar-refractivity contribution in [1.29, 1.82) is 0 Å². The molecule has 1 aromatic carbocycles. The fourth-order valence-corrected chi connectivity index (χ4v) is 5.79. The van der Waals surface area contributed by atoms with E-state index in [1.54, 1.807) is 37.3 Å². The highest BCUT2D eigenvalue weighted by atomic mass is 32.2. The average molecular weight is 458 g/mol. The van der Waals surface area contributed by atoms with Crippen molar-refractivity contribution in [2.24, 2.45) is 0 Å². The monoisotopic (exact) mass is 457 g/mol. The minimum absolute atomic E-state index is 0.559. The van der Waals surface area contributed by atoms with Gasteiger partial charge < -0.3 is 14.4 Å². The predicted molar refractivity (Wildman–Crippen MR) is 125 cm³/mol. The second-order valence-electron chi connectivity index (χ2n) is 7.93. The molecule has 0 spiro atoms. The minimum atomic E-state index is 0.559. The van der Waals surface area contributed by atoms with E-state index in [9.17, 15) is 0 Å². The van der Waals surface area contributed by atoms with Gasteiger partial charge in [-0.15, -0.1) is 21.5 Å². The molecule has 3 heterocycles. The molecule has 1 aliphatic heterocycles. The summed E-state index contributed by atoms with van der Waals surface area (Å²) in [5.41, 5.74) is 2.03. The maximum absolute atomic E-state index is 5.55. The van der Waals surface area contributed by atoms with Gasteiger partial charge in [-0.3, -0.25) is 4.57 Å². The van der Waals surface area contributed by atoms with Crippen molar-refractivity contribution in [1.82, 2.24) is 19.7 Å². The number of hydrogen-bond acceptors (Lipinski definition) is 8. The number of rotatable bonds is 8. The lowest BCUT2D eigenvalue weighted by Crippen LogP contribution is -2.31. The maximum atomic E-state index is 5.55. The van der Waals surface area contributed by atoms with Crippen LogP contribution in [-0.2, 0) is 5.75 Å². The lowest BCUT2D eigenvalue weighted by Gasteiger charge is -2.27. The maximum Gasteiger partial charge on any atom is 0.228 e. The molecular weight excluding hydrogens is 430 g/mol. The van der Waals surface area contributed by atoms with Gasteiger partial charge in [0.1, 0.15) is 16.5 Å². The summed E-state index contributed by atoms with van der Waals surface area (Å²) < 4.78 is 13.2. The van der Waals surface area contributed by atoms with Crippen LogP contribution in [0.15, 0.2) is 28.7 Å². The highest BCUT2D eigenvalue weighted by Crippen LogP contribution is 2.42. The molecule has 0 atom stereocenters. The van der Waals surface area contributed by atoms with Crippen molar-refractivity contribution in [3.8, 4) is 22.1 Å². The normalized spacial score (nSPS) is 16.5. The van der Waals surface area contributed by atoms with Crippen LogP contribution in [0.25, 0.3) is 10.6 Å². The van der Waals surface area contributed by atoms with Crippen molar-refractivity contribution in [3.63, 3.8) is 0 Å². The van der Waals surface area contributed by atoms with Crippen LogP contribution in [0.5, 0.6) is 11.5 Å². The molecule has 1 aliphatic carbocycles. The third kappa shape index (κ3) is 4.39. The van der Waals surface area contributed by atoms with Crippen molar-refractivity contribution in [2.45, 2.75) is 49.1 Å². The van der Waals surface area contributed by atoms with E-state index in [-0.39, 0.29) is 0 Å². The molecule has 164 valence electrons. The molecule has 31 heavy (non-hydrogen) atoms. The van der Waals surface area contributed by atoms with Crippen LogP contribution in [-0.4, -0.2) is 47.1 Å². The predicted octanol–water partition coefficient (Wildman–Crippen LogP) is 5.04. The fourth-order valence-electron chi connectivity index (χ4n) is 3.94. The van der Waals surface area contributed by atoms with Crippen LogP contribution >= 0.6 is 23.1 Å². The number of benzene rings is 1. The summed E-state index contributed by atoms with van der Waals surface area (Å²) in [6, 6.07) is 6.39. The number of thioether (sulfide) groups is 1. The van der Waals surface area contributed by atoms with E-state index in [2.05, 4.69) is 25.0 Å². The van der Waals surface area contributed by atoms with E-state index in [1.807, 2.05) is 18.2 Å². The van der Waals surface area contributed by atoms with Crippen LogP contribution < -0.4 is 14.4 Å². The molecule has 2 aliphatic rings. The van der Waals surface area contributed by atoms with Crippen LogP contribution in [0.2, 0.25) is 0 Å². The van der Waals surface area contributed by atoms with Crippen LogP contribution in [0.3, 0.4) is 0 Å². The van der Waals surface area contributed by atoms with Gasteiger partial charge in [-0.2, -0.15) is 0 Å². The third-order valence-corrected chi connectivity index (χ3v) is 7.64. The third-order valence-electron chi connectivity index (χ3n) is 5.74. The quantitative estimate of drug-likeness (QED) is 0.439. The van der Waals surface area contributed by atoms with Gasteiger partial charge in [0.05, 0.1) is 25.5 Å². The molecule has 5 rings (SSSR count). The van der Waals surface area contributed by atoms with Gasteiger partial charge in [-0.05, 0) is 44.2 Å². The summed E-state index contributed by atoms with van der Waals surface area (Å²) in [6.07, 6.45) is 6.27. The summed E-state index contributed by atoms with van der Waals surface area (Å²) in [7, 11) is 3.33. The number of ether oxygens (including phenoxy) is 2. The van der Waals surface area contributed by atoms with E-state index in [0.717, 1.165) is 57.7 Å². The van der Waals surface area contributed by atoms with Gasteiger partial charge >= 0.3 is 0 Å². The topological polar surface area (TPSA) is 65.3 Å². The summed E-state index contributed by atoms with van der Waals surface area (Å²) in [5.74, 6) is 3.39. The zero-order valence-corrected chi connectivity index (χ0v) is 19.5. The highest BCUT2D eigenvalue weighted by molar-refractivity contribution is 7.98. The first-order chi connectivity index (χ1) is 15.3. The molecule has 0 bridgehead atoms. The largest absolute Gasteiger partial charge is 0.497 e. The summed E-state index contributed by atoms with van der Waals surface area (Å²) >= 11 is 3.37. The standard InChI is InChI=1S/C22H27N5O2S2/c1-28-17-8-9-18(19(12-17)29-2)20-23-15(13-30-20)14-31-22-25-24-21(27(22)16-6-7-16)26-10-4-3-5-11-26/h8-9,12-13,16H,3-7,10-11,14H2,1-2H3. The zero-order valence-electron chi connectivity index (χ0n) is 17.9. The van der Waals surface area contributed by atoms with Crippen molar-refractivity contribution < 1.29 is 9.47 Å². The molecule has 3 aromatic rings. The first kappa shape index (κ1) is 20.6. The van der Waals surface area contributed by atoms with E-state index in [4.69, 9.17) is 14.5 Å². The van der Waals surface area contributed by atoms with Gasteiger partial charge in [-0.25, -0.2) is 4.98 Å². The Hall–Kier alpha value is -2.26. The number of anilines is 1. The molecule has 0 unspecified atom stereocenters. The Kier molecular flexibility index (Phi) is 6.04. The Morgan fingerprint density at radius 2 is 1.94 bits per heavy atom. The lowest BCUT2D eigenvalue weighted by atomic mass is 10.1. The van der Waals surface area contributed by atoms with Gasteiger partial charge in [0.2, 0.25) is 5.95 Å². The van der Waals surface area contributed by atoms with Crippen LogP contribution in [0, 0.1) is 0 Å². The second kappa shape index (κ2) is 9.08. The molecule has 0 radical (unpaired) electrons. The Morgan fingerprint density at radius 3 is 2.68 bits per heavy atom. The molecule has 9 heteroatoms. The van der Waals surface area contributed by atoms with Crippen LogP contribution in [0.4, 0.5) is 5.95 Å². The molecule has 0 amide bonds. The lowest BCUT2D eigenvalue weighted by molar-refractivity contribution is 0.395. The van der Waals surface area contributed by atoms with Gasteiger partial charge in [0.15, 0.2) is 5.16 Å². The Balaban J connectivity index is 1.32. The van der Waals surface area contributed by atoms with E-state index < -0.39 is 0 Å². The number of methoxy groups -OCH3 is 2. The van der Waals surface area contributed by atoms with Crippen LogP contribution in [0.1, 0.15) is 43.8 Å². The summed E-state index contributed by atoms with van der Waals surface area (Å²) in [5, 5.41) is 13.2. The zero-order chi connectivity index (χ0) is 21.2. The first-order valence-electron chi connectivity index (χ1n) is 10.8. The van der Waals surface area contributed by atoms with Crippen molar-refractivity contribution >= 4 is 29.0 Å². The van der Waals surface area contributed by atoms with E-state index in [1.165, 1.54) is 32.1 Å². The number of aromatic nitrogens is 4. The number of hydrogen-bond donors (Lipinski definition) is 0. The van der Waals surface area contributed by atoms with Gasteiger partial charge in [0, 0.05) is 36.3 Å². The average Bonchev–Trinajstić information content (AvgIpc) is 3.39. The molecule has 7 nitrogen and oxygen atoms in total. The first-order valence-corrected chi connectivity index (χ1v) is 12.6. The molecule has 0 N–H and O–H groups in total. The number of piperidine rings is 1. The van der Waals surface area contributed by atoms with E-state index in [0.29, 0.717) is 6.04 Å². The molecule has 2 aromatic heterocycles. The highest BCUT2D eigenvalue weighted by Gasteiger charge is 2.32. The summed E-state index contributed by atoms with van der Waals surface area (Å²) in [6.45, 7) is 2.18. The molecule has 2 fully saturated rings. The molecule has 1 saturated carbocycles. The number of nitrogens with zero attached hydrogens (tertiary/aromatic N) is 5. The number of thiazole rings is 1. The van der Waals surface area contributed by atoms with Gasteiger partial charge in [-0.1, -0.05) is 11.8 Å². The summed E-state index contributed by atoms with van der Waals surface area (Å²) in [4.78, 5) is 7.27. The Bertz CT molecular complexity index is 1040. The molecule has 1 saturated heterocycles. The minimum Gasteiger partial charge on any atom is -0.497 e. The van der Waals surface area contributed by atoms with E-state index >= 15 is 0 Å². The van der Waals surface area contributed by atoms with Crippen molar-refractivity contribution in [2.75, 3.05) is 32.2 Å². The molecular formula is C22H27N5O2S2. The van der Waals surface area contributed by atoms with Crippen molar-refractivity contribution in [3.05, 3.63) is 29.3 Å².